The summed E-state index contributed by atoms with van der Waals surface area (Å²) >= 11 is 5.23. The Balaban J connectivity index is 2.02. The Morgan fingerprint density at radius 1 is 1.42 bits per heavy atom. The number of nitrogens with two attached hydrogens (primary N) is 1. The molecule has 19 heavy (non-hydrogen) atoms. The molecule has 3 rings (SSSR count). The van der Waals surface area contributed by atoms with Crippen LogP contribution in [-0.4, -0.2) is 17.5 Å². The van der Waals surface area contributed by atoms with Crippen molar-refractivity contribution in [3.8, 4) is 0 Å². The molecule has 98 valence electrons. The SMILES string of the molecule is Cc1csc(C2CN=C(N)N2c2ccccc2Br)n1. The van der Waals surface area contributed by atoms with E-state index < -0.39 is 0 Å². The van der Waals surface area contributed by atoms with Crippen molar-refractivity contribution in [1.82, 2.24) is 4.98 Å². The zero-order valence-corrected chi connectivity index (χ0v) is 12.8. The molecule has 1 aliphatic heterocycles. The molecule has 1 aromatic carbocycles. The number of hydrogen-bond donors (Lipinski definition) is 1. The van der Waals surface area contributed by atoms with E-state index in [1.807, 2.05) is 36.1 Å². The van der Waals surface area contributed by atoms with Crippen molar-refractivity contribution in [1.29, 1.82) is 0 Å². The molecule has 1 unspecified atom stereocenters. The van der Waals surface area contributed by atoms with Gasteiger partial charge in [-0.25, -0.2) is 4.98 Å². The standard InChI is InChI=1S/C13H13BrN4S/c1-8-7-19-12(17-8)11-6-16-13(15)18(11)10-5-3-2-4-9(10)14/h2-5,7,11H,6H2,1H3,(H2,15,16). The number of nitrogens with zero attached hydrogens (tertiary/aromatic N) is 3. The van der Waals surface area contributed by atoms with Crippen molar-refractivity contribution in [2.75, 3.05) is 11.4 Å². The van der Waals surface area contributed by atoms with E-state index in [2.05, 4.69) is 31.3 Å². The molecule has 6 heteroatoms. The van der Waals surface area contributed by atoms with Crippen molar-refractivity contribution in [2.24, 2.45) is 10.7 Å². The Bertz CT molecular complexity index is 637. The van der Waals surface area contributed by atoms with Gasteiger partial charge in [-0.2, -0.15) is 0 Å². The van der Waals surface area contributed by atoms with Gasteiger partial charge in [0.1, 0.15) is 11.0 Å². The summed E-state index contributed by atoms with van der Waals surface area (Å²) in [5.74, 6) is 0.546. The van der Waals surface area contributed by atoms with Gasteiger partial charge in [0.05, 0.1) is 12.2 Å². The minimum Gasteiger partial charge on any atom is -0.369 e. The van der Waals surface area contributed by atoms with Gasteiger partial charge in [0.2, 0.25) is 0 Å². The fourth-order valence-electron chi connectivity index (χ4n) is 2.15. The summed E-state index contributed by atoms with van der Waals surface area (Å²) in [7, 11) is 0. The summed E-state index contributed by atoms with van der Waals surface area (Å²) in [4.78, 5) is 11.0. The zero-order valence-electron chi connectivity index (χ0n) is 10.4. The maximum atomic E-state index is 6.05. The number of thiazole rings is 1. The normalized spacial score (nSPS) is 18.7. The Morgan fingerprint density at radius 3 is 2.89 bits per heavy atom. The molecule has 0 radical (unpaired) electrons. The van der Waals surface area contributed by atoms with Crippen LogP contribution in [0.4, 0.5) is 5.69 Å². The van der Waals surface area contributed by atoms with Crippen LogP contribution in [-0.2, 0) is 0 Å². The smallest absolute Gasteiger partial charge is 0.196 e. The maximum absolute atomic E-state index is 6.05. The molecule has 0 fully saturated rings. The summed E-state index contributed by atoms with van der Waals surface area (Å²) in [6, 6.07) is 8.11. The molecule has 0 spiro atoms. The molecule has 0 saturated carbocycles. The van der Waals surface area contributed by atoms with Crippen LogP contribution in [0.1, 0.15) is 16.7 Å². The predicted molar refractivity (Wildman–Crippen MR) is 82.7 cm³/mol. The van der Waals surface area contributed by atoms with Crippen LogP contribution < -0.4 is 10.6 Å². The maximum Gasteiger partial charge on any atom is 0.196 e. The van der Waals surface area contributed by atoms with E-state index in [0.717, 1.165) is 20.9 Å². The Hall–Kier alpha value is -1.40. The second-order valence-electron chi connectivity index (χ2n) is 4.36. The van der Waals surface area contributed by atoms with Crippen LogP contribution in [0.2, 0.25) is 0 Å². The molecule has 2 aromatic rings. The third-order valence-electron chi connectivity index (χ3n) is 3.02. The van der Waals surface area contributed by atoms with Crippen LogP contribution in [0.25, 0.3) is 0 Å². The number of benzene rings is 1. The van der Waals surface area contributed by atoms with Gasteiger partial charge < -0.3 is 5.73 Å². The number of rotatable bonds is 2. The van der Waals surface area contributed by atoms with E-state index in [-0.39, 0.29) is 6.04 Å². The number of para-hydroxylation sites is 1. The Kier molecular flexibility index (Phi) is 3.28. The third-order valence-corrected chi connectivity index (χ3v) is 4.75. The van der Waals surface area contributed by atoms with Crippen molar-refractivity contribution in [3.05, 3.63) is 44.8 Å². The number of aromatic nitrogens is 1. The molecule has 0 amide bonds. The Labute approximate surface area is 124 Å². The van der Waals surface area contributed by atoms with Crippen LogP contribution in [0.15, 0.2) is 39.1 Å². The molecule has 1 aromatic heterocycles. The fourth-order valence-corrected chi connectivity index (χ4v) is 3.50. The molecular weight excluding hydrogens is 324 g/mol. The highest BCUT2D eigenvalue weighted by Gasteiger charge is 2.31. The van der Waals surface area contributed by atoms with E-state index in [4.69, 9.17) is 5.73 Å². The quantitative estimate of drug-likeness (QED) is 0.916. The number of aliphatic imine (C=N–C) groups is 1. The van der Waals surface area contributed by atoms with Gasteiger partial charge in [-0.1, -0.05) is 12.1 Å². The molecule has 0 saturated heterocycles. The molecule has 0 aliphatic carbocycles. The lowest BCUT2D eigenvalue weighted by Crippen LogP contribution is -2.36. The van der Waals surface area contributed by atoms with Crippen LogP contribution >= 0.6 is 27.3 Å². The summed E-state index contributed by atoms with van der Waals surface area (Å²) in [5, 5.41) is 3.11. The highest BCUT2D eigenvalue weighted by Crippen LogP contribution is 2.36. The highest BCUT2D eigenvalue weighted by molar-refractivity contribution is 9.10. The van der Waals surface area contributed by atoms with Crippen molar-refractivity contribution in [3.63, 3.8) is 0 Å². The topological polar surface area (TPSA) is 54.5 Å². The number of anilines is 1. The molecule has 2 heterocycles. The zero-order chi connectivity index (χ0) is 13.4. The molecule has 1 aliphatic rings. The molecule has 4 nitrogen and oxygen atoms in total. The lowest BCUT2D eigenvalue weighted by atomic mass is 10.2. The number of halogens is 1. The molecular formula is C13H13BrN4S. The fraction of sp³-hybridized carbons (Fsp3) is 0.231. The van der Waals surface area contributed by atoms with Gasteiger partial charge >= 0.3 is 0 Å². The highest BCUT2D eigenvalue weighted by atomic mass is 79.9. The minimum absolute atomic E-state index is 0.0948. The molecule has 1 atom stereocenters. The first-order valence-electron chi connectivity index (χ1n) is 5.92. The minimum atomic E-state index is 0.0948. The third kappa shape index (κ3) is 2.26. The van der Waals surface area contributed by atoms with Gasteiger partial charge in [0.15, 0.2) is 5.96 Å². The first-order valence-corrected chi connectivity index (χ1v) is 7.60. The average molecular weight is 337 g/mol. The summed E-state index contributed by atoms with van der Waals surface area (Å²) < 4.78 is 1.01. The van der Waals surface area contributed by atoms with E-state index in [9.17, 15) is 0 Å². The number of aryl methyl sites for hydroxylation is 1. The lowest BCUT2D eigenvalue weighted by molar-refractivity contribution is 0.757. The largest absolute Gasteiger partial charge is 0.369 e. The van der Waals surface area contributed by atoms with Crippen molar-refractivity contribution < 1.29 is 0 Å². The number of guanidine groups is 1. The number of hydrogen-bond acceptors (Lipinski definition) is 5. The second-order valence-corrected chi connectivity index (χ2v) is 6.11. The van der Waals surface area contributed by atoms with Crippen LogP contribution in [0.3, 0.4) is 0 Å². The van der Waals surface area contributed by atoms with Gasteiger partial charge in [-0.3, -0.25) is 9.89 Å². The molecule has 0 bridgehead atoms. The van der Waals surface area contributed by atoms with E-state index in [1.54, 1.807) is 11.3 Å². The lowest BCUT2D eigenvalue weighted by Gasteiger charge is -2.25. The average Bonchev–Trinajstić information content (AvgIpc) is 2.96. The summed E-state index contributed by atoms with van der Waals surface area (Å²) in [6.07, 6.45) is 0. The molecule has 2 N–H and O–H groups in total. The van der Waals surface area contributed by atoms with Crippen molar-refractivity contribution >= 4 is 38.9 Å². The van der Waals surface area contributed by atoms with Gasteiger partial charge in [0, 0.05) is 15.5 Å². The first kappa shape index (κ1) is 12.6. The first-order chi connectivity index (χ1) is 9.16. The van der Waals surface area contributed by atoms with E-state index in [1.165, 1.54) is 0 Å². The summed E-state index contributed by atoms with van der Waals surface area (Å²) in [6.45, 7) is 2.65. The van der Waals surface area contributed by atoms with Gasteiger partial charge in [-0.15, -0.1) is 11.3 Å². The predicted octanol–water partition coefficient (Wildman–Crippen LogP) is 3.09. The van der Waals surface area contributed by atoms with E-state index in [0.29, 0.717) is 12.5 Å². The van der Waals surface area contributed by atoms with E-state index >= 15 is 0 Å². The van der Waals surface area contributed by atoms with Crippen LogP contribution in [0.5, 0.6) is 0 Å². The van der Waals surface area contributed by atoms with Crippen LogP contribution in [0, 0.1) is 6.92 Å². The second kappa shape index (κ2) is 4.94. The monoisotopic (exact) mass is 336 g/mol. The summed E-state index contributed by atoms with van der Waals surface area (Å²) in [5.41, 5.74) is 8.11. The van der Waals surface area contributed by atoms with Gasteiger partial charge in [0.25, 0.3) is 0 Å². The Morgan fingerprint density at radius 2 is 2.21 bits per heavy atom. The van der Waals surface area contributed by atoms with Gasteiger partial charge in [-0.05, 0) is 35.0 Å². The van der Waals surface area contributed by atoms with Crippen molar-refractivity contribution in [2.45, 2.75) is 13.0 Å².